The number of fused-ring (bicyclic) bond motifs is 1. The minimum atomic E-state index is -0.541. The summed E-state index contributed by atoms with van der Waals surface area (Å²) in [4.78, 5) is 34.5. The normalized spacial score (nSPS) is 14.2. The van der Waals surface area contributed by atoms with Crippen LogP contribution in [0, 0.1) is 0 Å². The Morgan fingerprint density at radius 1 is 1.00 bits per heavy atom. The first-order chi connectivity index (χ1) is 22.1. The van der Waals surface area contributed by atoms with E-state index in [1.807, 2.05) is 56.0 Å². The highest BCUT2D eigenvalue weighted by molar-refractivity contribution is 5.94. The fraction of sp³-hybridized carbons (Fsp3) is 0.417. The molecule has 1 N–H and O–H groups in total. The number of esters is 1. The number of carbonyl (C=O) groups excluding carboxylic acids is 2. The lowest BCUT2D eigenvalue weighted by Gasteiger charge is -2.39. The number of imidazole rings is 1. The predicted molar refractivity (Wildman–Crippen MR) is 178 cm³/mol. The molecule has 2 aromatic heterocycles. The van der Waals surface area contributed by atoms with Gasteiger partial charge in [-0.25, -0.2) is 14.6 Å². The van der Waals surface area contributed by atoms with Gasteiger partial charge in [-0.1, -0.05) is 42.5 Å². The van der Waals surface area contributed by atoms with Crippen LogP contribution in [-0.4, -0.2) is 76.7 Å². The third-order valence-corrected chi connectivity index (χ3v) is 8.28. The van der Waals surface area contributed by atoms with E-state index in [2.05, 4.69) is 45.5 Å². The molecule has 1 fully saturated rings. The van der Waals surface area contributed by atoms with E-state index in [1.54, 1.807) is 23.9 Å². The zero-order chi connectivity index (χ0) is 32.7. The first-order valence-corrected chi connectivity index (χ1v) is 15.8. The van der Waals surface area contributed by atoms with Gasteiger partial charge < -0.3 is 24.4 Å². The summed E-state index contributed by atoms with van der Waals surface area (Å²) in [6.45, 7) is 9.39. The summed E-state index contributed by atoms with van der Waals surface area (Å²) in [5.74, 6) is 0.336. The minimum Gasteiger partial charge on any atom is -0.496 e. The van der Waals surface area contributed by atoms with Crippen LogP contribution in [0.1, 0.15) is 60.8 Å². The van der Waals surface area contributed by atoms with E-state index < -0.39 is 11.6 Å². The molecule has 1 saturated heterocycles. The molecule has 1 aliphatic heterocycles. The molecule has 5 rings (SSSR count). The molecule has 1 amide bonds. The van der Waals surface area contributed by atoms with Crippen molar-refractivity contribution in [1.29, 1.82) is 0 Å². The van der Waals surface area contributed by atoms with Gasteiger partial charge >= 0.3 is 12.1 Å². The van der Waals surface area contributed by atoms with Crippen LogP contribution in [-0.2, 0) is 29.0 Å². The second-order valence-electron chi connectivity index (χ2n) is 12.7. The van der Waals surface area contributed by atoms with Crippen molar-refractivity contribution in [3.8, 4) is 5.75 Å². The number of hydrogen-bond donors (Lipinski definition) is 1. The lowest BCUT2D eigenvalue weighted by molar-refractivity contribution is 0.00805. The largest absolute Gasteiger partial charge is 0.496 e. The first-order valence-electron chi connectivity index (χ1n) is 15.8. The molecule has 4 aromatic rings. The summed E-state index contributed by atoms with van der Waals surface area (Å²) in [6.07, 6.45) is 5.72. The van der Waals surface area contributed by atoms with E-state index in [0.717, 1.165) is 55.8 Å². The Morgan fingerprint density at radius 2 is 1.76 bits per heavy atom. The molecule has 0 radical (unpaired) electrons. The molecule has 0 bridgehead atoms. The molecule has 3 heterocycles. The highest BCUT2D eigenvalue weighted by Gasteiger charge is 2.31. The van der Waals surface area contributed by atoms with E-state index in [1.165, 1.54) is 12.7 Å². The molecule has 46 heavy (non-hydrogen) atoms. The molecule has 10 nitrogen and oxygen atoms in total. The van der Waals surface area contributed by atoms with Gasteiger partial charge in [-0.3, -0.25) is 9.30 Å². The molecule has 0 aliphatic carbocycles. The van der Waals surface area contributed by atoms with Crippen LogP contribution in [0.4, 0.5) is 10.5 Å². The molecule has 0 spiro atoms. The van der Waals surface area contributed by atoms with Crippen molar-refractivity contribution in [2.24, 2.45) is 0 Å². The van der Waals surface area contributed by atoms with Crippen molar-refractivity contribution in [2.45, 2.75) is 64.8 Å². The number of hydrogen-bond acceptors (Lipinski definition) is 8. The Balaban J connectivity index is 1.20. The predicted octanol–water partition coefficient (Wildman–Crippen LogP) is 6.19. The molecular formula is C36H45N5O5. The van der Waals surface area contributed by atoms with Gasteiger partial charge in [0.05, 0.1) is 19.9 Å². The van der Waals surface area contributed by atoms with Crippen molar-refractivity contribution in [3.63, 3.8) is 0 Å². The zero-order valence-corrected chi connectivity index (χ0v) is 27.5. The number of nitrogens with one attached hydrogen (secondary N) is 1. The lowest BCUT2D eigenvalue weighted by atomic mass is 10.0. The number of ether oxygens (including phenoxy) is 3. The Labute approximate surface area is 271 Å². The van der Waals surface area contributed by atoms with Crippen molar-refractivity contribution in [2.75, 3.05) is 39.2 Å². The van der Waals surface area contributed by atoms with Crippen molar-refractivity contribution in [3.05, 3.63) is 95.4 Å². The lowest BCUT2D eigenvalue weighted by Crippen LogP contribution is -2.49. The summed E-state index contributed by atoms with van der Waals surface area (Å²) in [7, 11) is 3.04. The van der Waals surface area contributed by atoms with Gasteiger partial charge in [0, 0.05) is 56.7 Å². The van der Waals surface area contributed by atoms with Crippen LogP contribution in [0.2, 0.25) is 0 Å². The smallest absolute Gasteiger partial charge is 0.410 e. The van der Waals surface area contributed by atoms with Crippen LogP contribution in [0.15, 0.2) is 73.1 Å². The van der Waals surface area contributed by atoms with Gasteiger partial charge in [0.1, 0.15) is 17.0 Å². The van der Waals surface area contributed by atoms with Crippen LogP contribution >= 0.6 is 0 Å². The number of anilines is 1. The molecular weight excluding hydrogens is 582 g/mol. The summed E-state index contributed by atoms with van der Waals surface area (Å²) in [6, 6.07) is 20.4. The number of nitrogens with zero attached hydrogens (tertiary/aromatic N) is 4. The maximum Gasteiger partial charge on any atom is 0.410 e. The number of methoxy groups -OCH3 is 2. The summed E-state index contributed by atoms with van der Waals surface area (Å²) >= 11 is 0. The summed E-state index contributed by atoms with van der Waals surface area (Å²) < 4.78 is 18.3. The van der Waals surface area contributed by atoms with Gasteiger partial charge in [-0.15, -0.1) is 0 Å². The molecule has 0 unspecified atom stereocenters. The Hall–Kier alpha value is -4.57. The second-order valence-corrected chi connectivity index (χ2v) is 12.7. The average molecular weight is 628 g/mol. The topological polar surface area (TPSA) is 97.6 Å². The van der Waals surface area contributed by atoms with Crippen molar-refractivity contribution >= 4 is 23.4 Å². The van der Waals surface area contributed by atoms with E-state index in [-0.39, 0.29) is 12.1 Å². The fourth-order valence-electron chi connectivity index (χ4n) is 5.95. The number of amides is 1. The number of likely N-dealkylation sites (tertiary alicyclic amines) is 1. The molecule has 0 atom stereocenters. The van der Waals surface area contributed by atoms with Crippen molar-refractivity contribution < 1.29 is 23.8 Å². The van der Waals surface area contributed by atoms with Crippen LogP contribution in [0.3, 0.4) is 0 Å². The number of rotatable bonds is 11. The summed E-state index contributed by atoms with van der Waals surface area (Å²) in [5.41, 5.74) is 4.50. The molecule has 244 valence electrons. The number of benzene rings is 2. The van der Waals surface area contributed by atoms with Crippen LogP contribution in [0.5, 0.6) is 5.75 Å². The third-order valence-electron chi connectivity index (χ3n) is 8.28. The maximum absolute atomic E-state index is 13.3. The molecule has 1 aliphatic rings. The quantitative estimate of drug-likeness (QED) is 0.197. The van der Waals surface area contributed by atoms with Crippen LogP contribution < -0.4 is 10.1 Å². The van der Waals surface area contributed by atoms with Crippen molar-refractivity contribution in [1.82, 2.24) is 19.2 Å². The Morgan fingerprint density at radius 3 is 2.46 bits per heavy atom. The van der Waals surface area contributed by atoms with E-state index in [0.29, 0.717) is 30.1 Å². The van der Waals surface area contributed by atoms with Gasteiger partial charge in [0.25, 0.3) is 0 Å². The standard InChI is InChI=1S/C36H45N5O5/c1-36(2,3)46-35(43)40(21-15-26-9-7-6-8-10-26)29-16-19-39(20-17-29)25-27-11-12-28(31(23-27)44-4)24-38-30-13-14-32-37-18-22-41(32)33(30)34(42)45-5/h6-14,18,22-23,29,38H,15-17,19-21,24-25H2,1-5H3. The Kier molecular flexibility index (Phi) is 10.5. The SMILES string of the molecule is COC(=O)c1c(NCc2ccc(CN3CCC(N(CCc4ccccc4)C(=O)OC(C)(C)C)CC3)cc2OC)ccc2nccn12. The van der Waals surface area contributed by atoms with Gasteiger partial charge in [-0.05, 0) is 69.4 Å². The molecule has 0 saturated carbocycles. The number of piperidine rings is 1. The fourth-order valence-corrected chi connectivity index (χ4v) is 5.95. The zero-order valence-electron chi connectivity index (χ0n) is 27.5. The number of pyridine rings is 1. The van der Waals surface area contributed by atoms with Gasteiger partial charge in [0.15, 0.2) is 5.69 Å². The van der Waals surface area contributed by atoms with E-state index in [4.69, 9.17) is 14.2 Å². The van der Waals surface area contributed by atoms with Gasteiger partial charge in [0.2, 0.25) is 0 Å². The number of aromatic nitrogens is 2. The highest BCUT2D eigenvalue weighted by atomic mass is 16.6. The van der Waals surface area contributed by atoms with E-state index in [9.17, 15) is 9.59 Å². The van der Waals surface area contributed by atoms with E-state index >= 15 is 0 Å². The second kappa shape index (κ2) is 14.7. The first kappa shape index (κ1) is 32.8. The third kappa shape index (κ3) is 8.17. The molecule has 10 heteroatoms. The van der Waals surface area contributed by atoms with Crippen LogP contribution in [0.25, 0.3) is 5.65 Å². The minimum absolute atomic E-state index is 0.134. The maximum atomic E-state index is 13.3. The monoisotopic (exact) mass is 627 g/mol. The Bertz CT molecular complexity index is 1620. The highest BCUT2D eigenvalue weighted by Crippen LogP contribution is 2.27. The number of carbonyl (C=O) groups is 2. The molecule has 2 aromatic carbocycles. The average Bonchev–Trinajstić information content (AvgIpc) is 3.53. The summed E-state index contributed by atoms with van der Waals surface area (Å²) in [5, 5.41) is 3.38. The van der Waals surface area contributed by atoms with Gasteiger partial charge in [-0.2, -0.15) is 0 Å².